The zero-order chi connectivity index (χ0) is 16.6. The smallest absolute Gasteiger partial charge is 0.246 e. The molecule has 3 aromatic rings. The Hall–Kier alpha value is -2.35. The highest BCUT2D eigenvalue weighted by atomic mass is 32.2. The molecule has 23 heavy (non-hydrogen) atoms. The molecule has 0 aliphatic carbocycles. The summed E-state index contributed by atoms with van der Waals surface area (Å²) >= 11 is 0. The molecular weight excluding hydrogens is 324 g/mol. The second-order valence-corrected chi connectivity index (χ2v) is 7.10. The van der Waals surface area contributed by atoms with Crippen LogP contribution in [0, 0.1) is 0 Å². The topological polar surface area (TPSA) is 64.8 Å². The minimum Gasteiger partial charge on any atom is -0.246 e. The van der Waals surface area contributed by atoms with Gasteiger partial charge in [0.2, 0.25) is 0 Å². The van der Waals surface area contributed by atoms with Crippen LogP contribution in [0.5, 0.6) is 0 Å². The number of fused-ring (bicyclic) bond motifs is 1. The first-order valence-electron chi connectivity index (χ1n) is 6.76. The van der Waals surface area contributed by atoms with Gasteiger partial charge in [-0.15, -0.1) is 5.10 Å². The van der Waals surface area contributed by atoms with Gasteiger partial charge in [-0.25, -0.2) is 21.9 Å². The summed E-state index contributed by atoms with van der Waals surface area (Å²) < 4.78 is 51.9. The lowest BCUT2D eigenvalue weighted by atomic mass is 10.1. The zero-order valence-corrected chi connectivity index (χ0v) is 13.0. The standard InChI is InChI=1S/C15H13F2N3O2S/c1-20-14(15(16)17)13(18-19-20)9-23(21,22)12-7-6-10-4-2-3-5-11(10)8-12/h2-8,15H,9H2,1H3. The minimum atomic E-state index is -3.80. The molecule has 0 atom stereocenters. The molecule has 0 amide bonds. The van der Waals surface area contributed by atoms with E-state index in [1.165, 1.54) is 19.2 Å². The molecule has 0 fully saturated rings. The van der Waals surface area contributed by atoms with E-state index in [9.17, 15) is 17.2 Å². The molecule has 0 saturated heterocycles. The van der Waals surface area contributed by atoms with E-state index < -0.39 is 27.7 Å². The third kappa shape index (κ3) is 2.94. The van der Waals surface area contributed by atoms with Crippen molar-refractivity contribution in [3.05, 3.63) is 53.9 Å². The lowest BCUT2D eigenvalue weighted by Gasteiger charge is -2.06. The van der Waals surface area contributed by atoms with Gasteiger partial charge in [-0.1, -0.05) is 35.5 Å². The predicted molar refractivity (Wildman–Crippen MR) is 80.8 cm³/mol. The van der Waals surface area contributed by atoms with Crippen molar-refractivity contribution in [1.29, 1.82) is 0 Å². The van der Waals surface area contributed by atoms with Crippen molar-refractivity contribution >= 4 is 20.6 Å². The molecule has 1 heterocycles. The maximum absolute atomic E-state index is 13.0. The fourth-order valence-corrected chi connectivity index (χ4v) is 3.72. The average Bonchev–Trinajstić information content (AvgIpc) is 2.86. The Labute approximate surface area is 131 Å². The number of alkyl halides is 2. The van der Waals surface area contributed by atoms with Crippen LogP contribution >= 0.6 is 0 Å². The Morgan fingerprint density at radius 3 is 2.52 bits per heavy atom. The fraction of sp³-hybridized carbons (Fsp3) is 0.200. The van der Waals surface area contributed by atoms with Gasteiger partial charge in [0, 0.05) is 7.05 Å². The highest BCUT2D eigenvalue weighted by Crippen LogP contribution is 2.26. The van der Waals surface area contributed by atoms with Gasteiger partial charge in [0.25, 0.3) is 6.43 Å². The normalized spacial score (nSPS) is 12.2. The van der Waals surface area contributed by atoms with Gasteiger partial charge in [-0.2, -0.15) is 0 Å². The van der Waals surface area contributed by atoms with Crippen molar-refractivity contribution in [1.82, 2.24) is 15.0 Å². The molecule has 0 aliphatic rings. The first-order chi connectivity index (χ1) is 10.9. The van der Waals surface area contributed by atoms with Crippen LogP contribution in [0.25, 0.3) is 10.8 Å². The van der Waals surface area contributed by atoms with Crippen molar-refractivity contribution in [3.8, 4) is 0 Å². The maximum atomic E-state index is 13.0. The highest BCUT2D eigenvalue weighted by Gasteiger charge is 2.25. The molecule has 0 N–H and O–H groups in total. The SMILES string of the molecule is Cn1nnc(CS(=O)(=O)c2ccc3ccccc3c2)c1C(F)F. The number of sulfone groups is 1. The summed E-state index contributed by atoms with van der Waals surface area (Å²) in [5, 5.41) is 8.72. The summed E-state index contributed by atoms with van der Waals surface area (Å²) in [6, 6.07) is 12.0. The van der Waals surface area contributed by atoms with Crippen molar-refractivity contribution in [3.63, 3.8) is 0 Å². The molecule has 2 aromatic carbocycles. The third-order valence-corrected chi connectivity index (χ3v) is 5.18. The Morgan fingerprint density at radius 1 is 1.13 bits per heavy atom. The van der Waals surface area contributed by atoms with E-state index in [1.54, 1.807) is 18.2 Å². The van der Waals surface area contributed by atoms with Gasteiger partial charge in [0.1, 0.15) is 17.1 Å². The lowest BCUT2D eigenvalue weighted by molar-refractivity contribution is 0.140. The number of benzene rings is 2. The van der Waals surface area contributed by atoms with Crippen molar-refractivity contribution < 1.29 is 17.2 Å². The van der Waals surface area contributed by atoms with Crippen LogP contribution in [0.4, 0.5) is 8.78 Å². The summed E-state index contributed by atoms with van der Waals surface area (Å²) in [5.74, 6) is -0.612. The van der Waals surface area contributed by atoms with E-state index in [-0.39, 0.29) is 10.6 Å². The van der Waals surface area contributed by atoms with E-state index >= 15 is 0 Å². The molecule has 0 unspecified atom stereocenters. The van der Waals surface area contributed by atoms with Crippen molar-refractivity contribution in [2.45, 2.75) is 17.1 Å². The number of hydrogen-bond acceptors (Lipinski definition) is 4. The Bertz CT molecular complexity index is 968. The van der Waals surface area contributed by atoms with Gasteiger partial charge in [0.05, 0.1) is 4.90 Å². The molecular formula is C15H13F2N3O2S. The number of hydrogen-bond donors (Lipinski definition) is 0. The average molecular weight is 337 g/mol. The van der Waals surface area contributed by atoms with Crippen LogP contribution in [0.3, 0.4) is 0 Å². The maximum Gasteiger partial charge on any atom is 0.281 e. The molecule has 0 radical (unpaired) electrons. The van der Waals surface area contributed by atoms with Gasteiger partial charge < -0.3 is 0 Å². The number of rotatable bonds is 4. The fourth-order valence-electron chi connectivity index (χ4n) is 2.40. The second kappa shape index (κ2) is 5.69. The van der Waals surface area contributed by atoms with Crippen LogP contribution in [-0.4, -0.2) is 23.4 Å². The van der Waals surface area contributed by atoms with E-state index in [4.69, 9.17) is 0 Å². The summed E-state index contributed by atoms with van der Waals surface area (Å²) in [7, 11) is -2.49. The van der Waals surface area contributed by atoms with E-state index in [2.05, 4.69) is 10.3 Å². The Kier molecular flexibility index (Phi) is 3.85. The molecule has 0 spiro atoms. The number of aryl methyl sites for hydroxylation is 1. The highest BCUT2D eigenvalue weighted by molar-refractivity contribution is 7.90. The number of nitrogens with zero attached hydrogens (tertiary/aromatic N) is 3. The van der Waals surface area contributed by atoms with E-state index in [1.807, 2.05) is 12.1 Å². The van der Waals surface area contributed by atoms with Crippen LogP contribution < -0.4 is 0 Å². The monoisotopic (exact) mass is 337 g/mol. The van der Waals surface area contributed by atoms with Gasteiger partial charge in [-0.05, 0) is 22.9 Å². The first-order valence-corrected chi connectivity index (χ1v) is 8.42. The van der Waals surface area contributed by atoms with Crippen LogP contribution in [0.1, 0.15) is 17.8 Å². The molecule has 1 aromatic heterocycles. The summed E-state index contributed by atoms with van der Waals surface area (Å²) in [6.07, 6.45) is -2.84. The number of aromatic nitrogens is 3. The first kappa shape index (κ1) is 15.5. The Balaban J connectivity index is 2.01. The minimum absolute atomic E-state index is 0.0714. The summed E-state index contributed by atoms with van der Waals surface area (Å²) in [4.78, 5) is 0.0714. The predicted octanol–water partition coefficient (Wildman–Crippen LogP) is 2.88. The second-order valence-electron chi connectivity index (χ2n) is 5.11. The summed E-state index contributed by atoms with van der Waals surface area (Å²) in [5.41, 5.74) is -0.704. The third-order valence-electron chi connectivity index (χ3n) is 3.56. The molecule has 0 bridgehead atoms. The van der Waals surface area contributed by atoms with Gasteiger partial charge in [-0.3, -0.25) is 0 Å². The van der Waals surface area contributed by atoms with Crippen LogP contribution in [0.15, 0.2) is 47.4 Å². The number of halogens is 2. The van der Waals surface area contributed by atoms with Gasteiger partial charge >= 0.3 is 0 Å². The molecule has 0 saturated carbocycles. The lowest BCUT2D eigenvalue weighted by Crippen LogP contribution is -2.08. The molecule has 8 heteroatoms. The molecule has 3 rings (SSSR count). The van der Waals surface area contributed by atoms with Crippen LogP contribution in [0.2, 0.25) is 0 Å². The van der Waals surface area contributed by atoms with Crippen LogP contribution in [-0.2, 0) is 22.6 Å². The zero-order valence-electron chi connectivity index (χ0n) is 12.1. The largest absolute Gasteiger partial charge is 0.281 e. The Morgan fingerprint density at radius 2 is 1.83 bits per heavy atom. The van der Waals surface area contributed by atoms with Crippen molar-refractivity contribution in [2.75, 3.05) is 0 Å². The molecule has 0 aliphatic heterocycles. The van der Waals surface area contributed by atoms with E-state index in [0.29, 0.717) is 0 Å². The quantitative estimate of drug-likeness (QED) is 0.734. The molecule has 5 nitrogen and oxygen atoms in total. The molecule has 120 valence electrons. The van der Waals surface area contributed by atoms with E-state index in [0.717, 1.165) is 15.5 Å². The summed E-state index contributed by atoms with van der Waals surface area (Å²) in [6.45, 7) is 0. The van der Waals surface area contributed by atoms with Gasteiger partial charge in [0.15, 0.2) is 9.84 Å². The van der Waals surface area contributed by atoms with Crippen molar-refractivity contribution in [2.24, 2.45) is 7.05 Å².